The summed E-state index contributed by atoms with van der Waals surface area (Å²) in [6.45, 7) is 8.14. The van der Waals surface area contributed by atoms with E-state index in [-0.39, 0.29) is 17.2 Å². The van der Waals surface area contributed by atoms with E-state index in [0.717, 1.165) is 100 Å². The number of pyridine rings is 4. The van der Waals surface area contributed by atoms with Crippen LogP contribution in [0.1, 0.15) is 81.5 Å². The summed E-state index contributed by atoms with van der Waals surface area (Å²) in [5.41, 5.74) is 13.7. The standard InChI is InChI=1S/C51H56N10O4/c1-51(18-24-65-30-51)40-8-12-46(58-44(40)27-59(2)3)56-42-10-6-36(39-26-54-50(63)48(39)42)33-15-21-61(22-16-33)31-60(4)28-43-37(34-17-23-64-29-34)7-11-45(57-43)55-41-9-5-35(32-13-19-52-20-14-32)38-25-53-49(62)47(38)41/h5-16,19-22,34,50,54,63H,17-18,23-31H2,1-4H3,(H2,52,53,55,57,62)/p+1/t34-,50?,51+/m0/s1. The molecule has 2 saturated heterocycles. The Morgan fingerprint density at radius 3 is 2.28 bits per heavy atom. The molecule has 8 heterocycles. The average Bonchev–Trinajstić information content (AvgIpc) is 4.14. The third-order valence-electron chi connectivity index (χ3n) is 13.3. The number of aliphatic hydroxyl groups excluding tert-OH is 1. The van der Waals surface area contributed by atoms with Crippen molar-refractivity contribution in [3.8, 4) is 22.3 Å². The Kier molecular flexibility index (Phi) is 11.9. The molecule has 3 atom stereocenters. The average molecular weight is 874 g/mol. The summed E-state index contributed by atoms with van der Waals surface area (Å²) < 4.78 is 13.8. The molecule has 14 heteroatoms. The molecule has 10 rings (SSSR count). The van der Waals surface area contributed by atoms with Gasteiger partial charge in [-0.15, -0.1) is 0 Å². The largest absolute Gasteiger partial charge is 0.381 e. The van der Waals surface area contributed by atoms with E-state index in [2.05, 4.69) is 124 Å². The molecule has 4 aliphatic rings. The summed E-state index contributed by atoms with van der Waals surface area (Å²) in [4.78, 5) is 32.0. The number of hydrogen-bond donors (Lipinski definition) is 5. The number of aromatic nitrogens is 4. The Labute approximate surface area is 380 Å². The van der Waals surface area contributed by atoms with Crippen LogP contribution >= 0.6 is 0 Å². The van der Waals surface area contributed by atoms with Crippen LogP contribution in [0.15, 0.2) is 97.6 Å². The first-order valence-electron chi connectivity index (χ1n) is 22.5. The number of amides is 1. The fourth-order valence-corrected chi connectivity index (χ4v) is 9.97. The van der Waals surface area contributed by atoms with Gasteiger partial charge in [-0.25, -0.2) is 14.9 Å². The molecule has 0 saturated carbocycles. The summed E-state index contributed by atoms with van der Waals surface area (Å²) in [5, 5.41) is 24.6. The molecule has 4 aromatic heterocycles. The van der Waals surface area contributed by atoms with Gasteiger partial charge in [0.1, 0.15) is 17.9 Å². The topological polar surface area (TPSA) is 153 Å². The highest BCUT2D eigenvalue weighted by atomic mass is 16.5. The summed E-state index contributed by atoms with van der Waals surface area (Å²) in [5.74, 6) is 1.61. The van der Waals surface area contributed by atoms with Gasteiger partial charge in [0.05, 0.1) is 35.9 Å². The third-order valence-corrected chi connectivity index (χ3v) is 13.3. The first kappa shape index (κ1) is 42.8. The number of anilines is 4. The minimum Gasteiger partial charge on any atom is -0.381 e. The molecule has 1 amide bonds. The smallest absolute Gasteiger partial charge is 0.254 e. The zero-order chi connectivity index (χ0) is 44.7. The maximum atomic E-state index is 13.2. The number of carbonyl (C=O) groups is 1. The summed E-state index contributed by atoms with van der Waals surface area (Å²) >= 11 is 0. The number of aliphatic hydroxyl groups is 1. The predicted molar refractivity (Wildman–Crippen MR) is 250 cm³/mol. The van der Waals surface area contributed by atoms with Gasteiger partial charge in [0.25, 0.3) is 5.91 Å². The predicted octanol–water partition coefficient (Wildman–Crippen LogP) is 6.65. The minimum absolute atomic E-state index is 0.0579. The van der Waals surface area contributed by atoms with Crippen LogP contribution in [0, 0.1) is 0 Å². The zero-order valence-electron chi connectivity index (χ0n) is 37.5. The molecule has 6 aromatic rings. The Bertz CT molecular complexity index is 2720. The lowest BCUT2D eigenvalue weighted by molar-refractivity contribution is -0.715. The van der Waals surface area contributed by atoms with Crippen LogP contribution in [0.25, 0.3) is 22.3 Å². The normalized spacial score (nSPS) is 20.1. The van der Waals surface area contributed by atoms with Gasteiger partial charge in [-0.3, -0.25) is 15.1 Å². The molecule has 0 aliphatic carbocycles. The minimum atomic E-state index is -0.800. The SMILES string of the molecule is CN(C)Cc1nc(Nc2ccc(-c3cc[n+](CN(C)Cc4nc(Nc5ccc(-c6ccncc6)c6c5C(=O)NC6)ccc4[C@H]4CCOC4)cc3)c3c2C(O)NC3)ccc1[C@]1(C)CCOC1. The fraction of sp³-hybridized carbons (Fsp3) is 0.353. The molecule has 0 bridgehead atoms. The number of ether oxygens (including phenoxy) is 2. The Morgan fingerprint density at radius 2 is 1.54 bits per heavy atom. The lowest BCUT2D eigenvalue weighted by atomic mass is 9.81. The second kappa shape index (κ2) is 18.0. The van der Waals surface area contributed by atoms with Crippen molar-refractivity contribution >= 4 is 28.9 Å². The Morgan fingerprint density at radius 1 is 0.815 bits per heavy atom. The van der Waals surface area contributed by atoms with E-state index >= 15 is 0 Å². The first-order chi connectivity index (χ1) is 31.6. The van der Waals surface area contributed by atoms with E-state index in [9.17, 15) is 9.90 Å². The lowest BCUT2D eigenvalue weighted by Crippen LogP contribution is -2.41. The van der Waals surface area contributed by atoms with E-state index in [4.69, 9.17) is 19.4 Å². The van der Waals surface area contributed by atoms with Crippen molar-refractivity contribution in [3.05, 3.63) is 142 Å². The monoisotopic (exact) mass is 873 g/mol. The van der Waals surface area contributed by atoms with Crippen molar-refractivity contribution in [1.82, 2.24) is 35.4 Å². The maximum absolute atomic E-state index is 13.2. The van der Waals surface area contributed by atoms with E-state index in [1.54, 1.807) is 12.4 Å². The van der Waals surface area contributed by atoms with Crippen LogP contribution in [-0.2, 0) is 47.7 Å². The molecule has 2 aromatic carbocycles. The number of rotatable bonds is 14. The quantitative estimate of drug-likeness (QED) is 0.0746. The van der Waals surface area contributed by atoms with Gasteiger partial charge in [0.15, 0.2) is 12.4 Å². The van der Waals surface area contributed by atoms with E-state index in [1.807, 2.05) is 30.3 Å². The number of nitrogens with one attached hydrogen (secondary N) is 4. The van der Waals surface area contributed by atoms with Gasteiger partial charge in [-0.1, -0.05) is 31.2 Å². The van der Waals surface area contributed by atoms with Gasteiger partial charge < -0.3 is 35.4 Å². The fourth-order valence-electron chi connectivity index (χ4n) is 9.97. The summed E-state index contributed by atoms with van der Waals surface area (Å²) in [6.07, 6.45) is 8.88. The van der Waals surface area contributed by atoms with Crippen molar-refractivity contribution in [1.29, 1.82) is 0 Å². The van der Waals surface area contributed by atoms with Crippen LogP contribution < -0.4 is 25.8 Å². The Balaban J connectivity index is 0.858. The maximum Gasteiger partial charge on any atom is 0.254 e. The van der Waals surface area contributed by atoms with Crippen molar-refractivity contribution in [2.75, 3.05) is 58.2 Å². The highest BCUT2D eigenvalue weighted by molar-refractivity contribution is 6.06. The molecule has 0 radical (unpaired) electrons. The number of benzene rings is 2. The molecule has 4 aliphatic heterocycles. The second-order valence-electron chi connectivity index (χ2n) is 18.4. The number of hydrogen-bond acceptors (Lipinski definition) is 12. The summed E-state index contributed by atoms with van der Waals surface area (Å²) in [6, 6.07) is 24.8. The number of nitrogens with zero attached hydrogens (tertiary/aromatic N) is 6. The van der Waals surface area contributed by atoms with Crippen molar-refractivity contribution in [3.63, 3.8) is 0 Å². The molecular weight excluding hydrogens is 817 g/mol. The van der Waals surface area contributed by atoms with Crippen molar-refractivity contribution in [2.45, 2.75) is 70.2 Å². The lowest BCUT2D eigenvalue weighted by Gasteiger charge is -2.26. The molecule has 1 unspecified atom stereocenters. The van der Waals surface area contributed by atoms with Crippen LogP contribution in [0.4, 0.5) is 23.0 Å². The van der Waals surface area contributed by atoms with Crippen molar-refractivity contribution < 1.29 is 23.9 Å². The second-order valence-corrected chi connectivity index (χ2v) is 18.4. The molecule has 2 fully saturated rings. The molecule has 334 valence electrons. The third kappa shape index (κ3) is 8.73. The molecule has 14 nitrogen and oxygen atoms in total. The zero-order valence-corrected chi connectivity index (χ0v) is 37.5. The highest BCUT2D eigenvalue weighted by Crippen LogP contribution is 2.41. The van der Waals surface area contributed by atoms with Crippen LogP contribution in [0.3, 0.4) is 0 Å². The van der Waals surface area contributed by atoms with Crippen LogP contribution in [0.2, 0.25) is 0 Å². The number of carbonyl (C=O) groups excluding carboxylic acids is 1. The molecule has 5 N–H and O–H groups in total. The van der Waals surface area contributed by atoms with E-state index < -0.39 is 6.23 Å². The first-order valence-corrected chi connectivity index (χ1v) is 22.5. The molecule has 0 spiro atoms. The summed E-state index contributed by atoms with van der Waals surface area (Å²) in [7, 11) is 6.23. The number of fused-ring (bicyclic) bond motifs is 2. The van der Waals surface area contributed by atoms with Crippen LogP contribution in [0.5, 0.6) is 0 Å². The Hall–Kier alpha value is -6.13. The van der Waals surface area contributed by atoms with Crippen LogP contribution in [-0.4, -0.2) is 83.3 Å². The molecule has 65 heavy (non-hydrogen) atoms. The van der Waals surface area contributed by atoms with Gasteiger partial charge in [0.2, 0.25) is 6.67 Å². The molecular formula is C51H57N10O4+. The van der Waals surface area contributed by atoms with E-state index in [0.29, 0.717) is 50.9 Å². The highest BCUT2D eigenvalue weighted by Gasteiger charge is 2.35. The van der Waals surface area contributed by atoms with Crippen molar-refractivity contribution in [2.24, 2.45) is 0 Å². The van der Waals surface area contributed by atoms with E-state index in [1.165, 1.54) is 11.1 Å². The van der Waals surface area contributed by atoms with Gasteiger partial charge in [-0.05, 0) is 115 Å². The van der Waals surface area contributed by atoms with Gasteiger partial charge >= 0.3 is 0 Å². The van der Waals surface area contributed by atoms with Gasteiger partial charge in [-0.2, -0.15) is 4.57 Å². The van der Waals surface area contributed by atoms with Gasteiger partial charge in [0, 0.05) is 86.5 Å².